The lowest BCUT2D eigenvalue weighted by Gasteiger charge is -2.19. The Morgan fingerprint density at radius 1 is 1.00 bits per heavy atom. The van der Waals surface area contributed by atoms with E-state index in [4.69, 9.17) is 5.73 Å². The quantitative estimate of drug-likeness (QED) is 0.851. The van der Waals surface area contributed by atoms with Crippen molar-refractivity contribution in [1.29, 1.82) is 0 Å². The van der Waals surface area contributed by atoms with Gasteiger partial charge < -0.3 is 5.73 Å². The molecule has 1 unspecified atom stereocenters. The number of hydrogen-bond acceptors (Lipinski definition) is 1. The molecule has 0 saturated heterocycles. The van der Waals surface area contributed by atoms with Crippen molar-refractivity contribution in [3.63, 3.8) is 0 Å². The maximum absolute atomic E-state index is 6.45. The van der Waals surface area contributed by atoms with Crippen LogP contribution in [0.4, 0.5) is 0 Å². The van der Waals surface area contributed by atoms with E-state index in [-0.39, 0.29) is 6.04 Å². The Labute approximate surface area is 109 Å². The van der Waals surface area contributed by atoms with Gasteiger partial charge in [0.05, 0.1) is 0 Å². The lowest BCUT2D eigenvalue weighted by Crippen LogP contribution is -2.21. The molecule has 1 aliphatic carbocycles. The first-order valence-corrected chi connectivity index (χ1v) is 6.63. The van der Waals surface area contributed by atoms with Gasteiger partial charge in [-0.3, -0.25) is 0 Å². The van der Waals surface area contributed by atoms with Crippen molar-refractivity contribution in [3.8, 4) is 0 Å². The van der Waals surface area contributed by atoms with Crippen LogP contribution in [0.25, 0.3) is 0 Å². The van der Waals surface area contributed by atoms with Gasteiger partial charge in [0, 0.05) is 6.04 Å². The molecule has 1 atom stereocenters. The van der Waals surface area contributed by atoms with E-state index in [0.717, 1.165) is 12.8 Å². The Hall–Kier alpha value is -1.60. The van der Waals surface area contributed by atoms with Gasteiger partial charge in [0.2, 0.25) is 0 Å². The summed E-state index contributed by atoms with van der Waals surface area (Å²) in [5, 5.41) is 0. The Bertz CT molecular complexity index is 534. The monoisotopic (exact) mass is 237 g/mol. The van der Waals surface area contributed by atoms with Crippen LogP contribution in [0.2, 0.25) is 0 Å². The van der Waals surface area contributed by atoms with Crippen molar-refractivity contribution >= 4 is 0 Å². The largest absolute Gasteiger partial charge is 0.324 e. The number of hydrogen-bond donors (Lipinski definition) is 1. The van der Waals surface area contributed by atoms with Crippen LogP contribution in [0.15, 0.2) is 48.5 Å². The molecule has 0 radical (unpaired) electrons. The normalized spacial score (nSPS) is 16.6. The van der Waals surface area contributed by atoms with Crippen LogP contribution < -0.4 is 5.73 Å². The molecule has 0 amide bonds. The van der Waals surface area contributed by atoms with Crippen LogP contribution >= 0.6 is 0 Å². The molecule has 0 fully saturated rings. The molecular formula is C17H19N. The fraction of sp³-hybridized carbons (Fsp3) is 0.294. The zero-order valence-electron chi connectivity index (χ0n) is 10.8. The van der Waals surface area contributed by atoms with Gasteiger partial charge in [-0.1, -0.05) is 54.1 Å². The molecule has 3 rings (SSSR count). The summed E-state index contributed by atoms with van der Waals surface area (Å²) in [6, 6.07) is 17.5. The molecule has 1 nitrogen and oxygen atoms in total. The van der Waals surface area contributed by atoms with Gasteiger partial charge in [-0.05, 0) is 42.4 Å². The van der Waals surface area contributed by atoms with E-state index < -0.39 is 0 Å². The second-order valence-electron chi connectivity index (χ2n) is 5.38. The molecule has 0 aromatic heterocycles. The molecule has 0 heterocycles. The SMILES string of the molecule is Cc1cccc(C(N)C2Cc3ccccc3C2)c1. The molecule has 1 aliphatic rings. The number of aryl methyl sites for hydroxylation is 1. The molecule has 0 spiro atoms. The van der Waals surface area contributed by atoms with Crippen LogP contribution in [0.3, 0.4) is 0 Å². The summed E-state index contributed by atoms with van der Waals surface area (Å²) in [5.41, 5.74) is 12.0. The number of benzene rings is 2. The molecule has 0 aliphatic heterocycles. The maximum Gasteiger partial charge on any atom is 0.0330 e. The first-order chi connectivity index (χ1) is 8.74. The molecule has 0 bridgehead atoms. The lowest BCUT2D eigenvalue weighted by atomic mass is 9.91. The third kappa shape index (κ3) is 2.06. The minimum atomic E-state index is 0.150. The molecule has 0 saturated carbocycles. The highest BCUT2D eigenvalue weighted by atomic mass is 14.7. The van der Waals surface area contributed by atoms with Crippen molar-refractivity contribution in [1.82, 2.24) is 0 Å². The Balaban J connectivity index is 1.82. The summed E-state index contributed by atoms with van der Waals surface area (Å²) in [6.45, 7) is 2.12. The molecule has 18 heavy (non-hydrogen) atoms. The topological polar surface area (TPSA) is 26.0 Å². The van der Waals surface area contributed by atoms with Gasteiger partial charge in [0.1, 0.15) is 0 Å². The van der Waals surface area contributed by atoms with Gasteiger partial charge in [-0.2, -0.15) is 0 Å². The average Bonchev–Trinajstić information content (AvgIpc) is 2.81. The Morgan fingerprint density at radius 2 is 1.67 bits per heavy atom. The van der Waals surface area contributed by atoms with E-state index in [2.05, 4.69) is 55.5 Å². The highest BCUT2D eigenvalue weighted by molar-refractivity contribution is 5.34. The van der Waals surface area contributed by atoms with E-state index in [1.54, 1.807) is 0 Å². The van der Waals surface area contributed by atoms with Crippen molar-refractivity contribution < 1.29 is 0 Å². The standard InChI is InChI=1S/C17H19N/c1-12-5-4-8-15(9-12)17(18)16-10-13-6-2-3-7-14(13)11-16/h2-9,16-17H,10-11,18H2,1H3. The Kier molecular flexibility index (Phi) is 2.92. The average molecular weight is 237 g/mol. The second kappa shape index (κ2) is 4.58. The highest BCUT2D eigenvalue weighted by Gasteiger charge is 2.26. The van der Waals surface area contributed by atoms with Crippen LogP contribution in [0, 0.1) is 12.8 Å². The summed E-state index contributed by atoms with van der Waals surface area (Å²) in [6.07, 6.45) is 2.23. The van der Waals surface area contributed by atoms with E-state index in [9.17, 15) is 0 Å². The van der Waals surface area contributed by atoms with Crippen molar-refractivity contribution in [2.75, 3.05) is 0 Å². The molecule has 2 aromatic rings. The van der Waals surface area contributed by atoms with Crippen LogP contribution in [-0.2, 0) is 12.8 Å². The van der Waals surface area contributed by atoms with Crippen LogP contribution in [-0.4, -0.2) is 0 Å². The third-order valence-electron chi connectivity index (χ3n) is 4.02. The fourth-order valence-electron chi connectivity index (χ4n) is 3.00. The third-order valence-corrected chi connectivity index (χ3v) is 4.02. The van der Waals surface area contributed by atoms with E-state index >= 15 is 0 Å². The first kappa shape index (κ1) is 11.5. The lowest BCUT2D eigenvalue weighted by molar-refractivity contribution is 0.453. The van der Waals surface area contributed by atoms with Gasteiger partial charge in [-0.25, -0.2) is 0 Å². The molecule has 2 N–H and O–H groups in total. The summed E-state index contributed by atoms with van der Waals surface area (Å²) < 4.78 is 0. The predicted molar refractivity (Wildman–Crippen MR) is 75.4 cm³/mol. The second-order valence-corrected chi connectivity index (χ2v) is 5.38. The zero-order valence-corrected chi connectivity index (χ0v) is 10.8. The number of rotatable bonds is 2. The highest BCUT2D eigenvalue weighted by Crippen LogP contribution is 2.33. The summed E-state index contributed by atoms with van der Waals surface area (Å²) in [5.74, 6) is 0.546. The van der Waals surface area contributed by atoms with E-state index in [1.165, 1.54) is 22.3 Å². The molecule has 1 heteroatoms. The predicted octanol–water partition coefficient (Wildman–Crippen LogP) is 3.41. The minimum Gasteiger partial charge on any atom is -0.324 e. The minimum absolute atomic E-state index is 0.150. The fourth-order valence-corrected chi connectivity index (χ4v) is 3.00. The summed E-state index contributed by atoms with van der Waals surface area (Å²) in [7, 11) is 0. The van der Waals surface area contributed by atoms with Crippen LogP contribution in [0.1, 0.15) is 28.3 Å². The van der Waals surface area contributed by atoms with Gasteiger partial charge in [0.15, 0.2) is 0 Å². The van der Waals surface area contributed by atoms with Crippen molar-refractivity contribution in [2.45, 2.75) is 25.8 Å². The first-order valence-electron chi connectivity index (χ1n) is 6.63. The van der Waals surface area contributed by atoms with Gasteiger partial charge in [0.25, 0.3) is 0 Å². The molecule has 2 aromatic carbocycles. The zero-order chi connectivity index (χ0) is 12.5. The van der Waals surface area contributed by atoms with E-state index in [1.807, 2.05) is 0 Å². The number of nitrogens with two attached hydrogens (primary N) is 1. The maximum atomic E-state index is 6.45. The smallest absolute Gasteiger partial charge is 0.0330 e. The van der Waals surface area contributed by atoms with Crippen molar-refractivity contribution in [3.05, 3.63) is 70.8 Å². The molecular weight excluding hydrogens is 218 g/mol. The summed E-state index contributed by atoms with van der Waals surface area (Å²) >= 11 is 0. The molecule has 92 valence electrons. The van der Waals surface area contributed by atoms with Crippen molar-refractivity contribution in [2.24, 2.45) is 11.7 Å². The Morgan fingerprint density at radius 3 is 2.28 bits per heavy atom. The summed E-state index contributed by atoms with van der Waals surface area (Å²) in [4.78, 5) is 0. The van der Waals surface area contributed by atoms with Gasteiger partial charge in [-0.15, -0.1) is 0 Å². The van der Waals surface area contributed by atoms with Crippen LogP contribution in [0.5, 0.6) is 0 Å². The number of fused-ring (bicyclic) bond motifs is 1. The van der Waals surface area contributed by atoms with E-state index in [0.29, 0.717) is 5.92 Å². The van der Waals surface area contributed by atoms with Gasteiger partial charge >= 0.3 is 0 Å².